The summed E-state index contributed by atoms with van der Waals surface area (Å²) in [7, 11) is 4.50. The van der Waals surface area contributed by atoms with E-state index in [0.717, 1.165) is 0 Å². The Hall–Kier alpha value is -3.75. The molecule has 0 fully saturated rings. The highest BCUT2D eigenvalue weighted by Gasteiger charge is 2.38. The number of rotatable bonds is 8. The van der Waals surface area contributed by atoms with Crippen LogP contribution in [0.4, 0.5) is 9.18 Å². The van der Waals surface area contributed by atoms with Crippen LogP contribution in [0.15, 0.2) is 53.7 Å². The Morgan fingerprint density at radius 1 is 1.12 bits per heavy atom. The lowest BCUT2D eigenvalue weighted by Crippen LogP contribution is -2.48. The van der Waals surface area contributed by atoms with Crippen molar-refractivity contribution in [2.45, 2.75) is 13.0 Å². The molecule has 1 aliphatic rings. The third kappa shape index (κ3) is 4.61. The van der Waals surface area contributed by atoms with Gasteiger partial charge in [0.05, 0.1) is 38.1 Å². The van der Waals surface area contributed by atoms with Crippen molar-refractivity contribution in [1.82, 2.24) is 10.2 Å². The van der Waals surface area contributed by atoms with Gasteiger partial charge in [0.15, 0.2) is 11.6 Å². The van der Waals surface area contributed by atoms with E-state index in [0.29, 0.717) is 17.1 Å². The van der Waals surface area contributed by atoms with E-state index in [4.69, 9.17) is 18.9 Å². The number of urea groups is 1. The fourth-order valence-electron chi connectivity index (χ4n) is 3.38. The lowest BCUT2D eigenvalue weighted by molar-refractivity contribution is -0.139. The average Bonchev–Trinajstić information content (AvgIpc) is 2.80. The Balaban J connectivity index is 2.10. The number of amides is 2. The van der Waals surface area contributed by atoms with Crippen molar-refractivity contribution in [3.8, 4) is 17.2 Å². The minimum absolute atomic E-state index is 0.00108. The minimum Gasteiger partial charge on any atom is -0.497 e. The molecule has 8 nitrogen and oxygen atoms in total. The molecule has 3 rings (SSSR count). The molecule has 1 atom stereocenters. The van der Waals surface area contributed by atoms with Gasteiger partial charge in [-0.2, -0.15) is 0 Å². The van der Waals surface area contributed by atoms with Crippen LogP contribution < -0.4 is 19.5 Å². The summed E-state index contributed by atoms with van der Waals surface area (Å²) in [6.07, 6.45) is 0. The van der Waals surface area contributed by atoms with Gasteiger partial charge in [0.2, 0.25) is 0 Å². The van der Waals surface area contributed by atoms with Crippen molar-refractivity contribution >= 4 is 12.0 Å². The summed E-state index contributed by atoms with van der Waals surface area (Å²) in [4.78, 5) is 27.0. The van der Waals surface area contributed by atoms with Gasteiger partial charge in [0.1, 0.15) is 18.1 Å². The van der Waals surface area contributed by atoms with Gasteiger partial charge in [-0.25, -0.2) is 14.0 Å². The molecule has 0 radical (unpaired) electrons. The highest BCUT2D eigenvalue weighted by atomic mass is 19.1. The summed E-state index contributed by atoms with van der Waals surface area (Å²) < 4.78 is 35.6. The summed E-state index contributed by atoms with van der Waals surface area (Å²) in [6, 6.07) is 9.59. The average molecular weight is 444 g/mol. The Morgan fingerprint density at radius 3 is 2.53 bits per heavy atom. The Labute approximate surface area is 185 Å². The summed E-state index contributed by atoms with van der Waals surface area (Å²) in [6.45, 7) is 1.59. The maximum absolute atomic E-state index is 14.1. The molecule has 32 heavy (non-hydrogen) atoms. The van der Waals surface area contributed by atoms with Gasteiger partial charge >= 0.3 is 12.0 Å². The van der Waals surface area contributed by atoms with E-state index in [1.165, 1.54) is 44.4 Å². The van der Waals surface area contributed by atoms with Gasteiger partial charge in [-0.05, 0) is 31.2 Å². The van der Waals surface area contributed by atoms with E-state index in [-0.39, 0.29) is 30.2 Å². The molecule has 1 aliphatic heterocycles. The molecule has 0 bridgehead atoms. The third-order valence-corrected chi connectivity index (χ3v) is 5.02. The number of nitrogens with one attached hydrogen (secondary N) is 1. The molecule has 9 heteroatoms. The second-order valence-electron chi connectivity index (χ2n) is 6.85. The van der Waals surface area contributed by atoms with Crippen molar-refractivity contribution in [3.63, 3.8) is 0 Å². The fraction of sp³-hybridized carbons (Fsp3) is 0.304. The standard InChI is InChI=1S/C23H25FN2O6/c1-5-31-22(27)20-17(13-32-18-9-7-6-8-16(18)24)26(2)23(28)25-21(20)15-11-10-14(29-3)12-19(15)30-4/h6-12,21H,5,13H2,1-4H3,(H,25,28). The smallest absolute Gasteiger partial charge is 0.338 e. The van der Waals surface area contributed by atoms with Crippen LogP contribution in [0.25, 0.3) is 0 Å². The zero-order valence-corrected chi connectivity index (χ0v) is 18.3. The molecule has 2 aromatic carbocycles. The number of ether oxygens (including phenoxy) is 4. The molecule has 0 spiro atoms. The topological polar surface area (TPSA) is 86.3 Å². The highest BCUT2D eigenvalue weighted by molar-refractivity contribution is 5.95. The first-order chi connectivity index (χ1) is 15.4. The SMILES string of the molecule is CCOC(=O)C1=C(COc2ccccc2F)N(C)C(=O)NC1c1ccc(OC)cc1OC. The number of hydrogen-bond acceptors (Lipinski definition) is 6. The molecule has 0 aromatic heterocycles. The predicted molar refractivity (Wildman–Crippen MR) is 114 cm³/mol. The molecule has 0 saturated carbocycles. The van der Waals surface area contributed by atoms with Gasteiger partial charge in [-0.1, -0.05) is 12.1 Å². The van der Waals surface area contributed by atoms with Crippen LogP contribution in [0.3, 0.4) is 0 Å². The number of nitrogens with zero attached hydrogens (tertiary/aromatic N) is 1. The second-order valence-corrected chi connectivity index (χ2v) is 6.85. The Bertz CT molecular complexity index is 1040. The molecule has 2 amide bonds. The van der Waals surface area contributed by atoms with E-state index < -0.39 is 23.9 Å². The van der Waals surface area contributed by atoms with Crippen LogP contribution in [0, 0.1) is 5.82 Å². The molecule has 170 valence electrons. The molecule has 1 N–H and O–H groups in total. The van der Waals surface area contributed by atoms with E-state index in [9.17, 15) is 14.0 Å². The van der Waals surface area contributed by atoms with Crippen LogP contribution >= 0.6 is 0 Å². The number of methoxy groups -OCH3 is 2. The van der Waals surface area contributed by atoms with Gasteiger partial charge in [0, 0.05) is 18.7 Å². The Morgan fingerprint density at radius 2 is 1.88 bits per heavy atom. The quantitative estimate of drug-likeness (QED) is 0.628. The predicted octanol–water partition coefficient (Wildman–Crippen LogP) is 3.44. The van der Waals surface area contributed by atoms with Crippen LogP contribution in [0.1, 0.15) is 18.5 Å². The molecule has 1 heterocycles. The van der Waals surface area contributed by atoms with E-state index in [1.807, 2.05) is 0 Å². The number of para-hydroxylation sites is 1. The van der Waals surface area contributed by atoms with Crippen LogP contribution in [0.5, 0.6) is 17.2 Å². The fourth-order valence-corrected chi connectivity index (χ4v) is 3.38. The molecule has 0 saturated heterocycles. The Kier molecular flexibility index (Phi) is 7.19. The maximum Gasteiger partial charge on any atom is 0.338 e. The molecular weight excluding hydrogens is 419 g/mol. The van der Waals surface area contributed by atoms with Gasteiger partial charge in [-0.15, -0.1) is 0 Å². The number of carbonyl (C=O) groups is 2. The molecule has 2 aromatic rings. The second kappa shape index (κ2) is 10.0. The van der Waals surface area contributed by atoms with E-state index >= 15 is 0 Å². The first kappa shape index (κ1) is 22.9. The summed E-state index contributed by atoms with van der Waals surface area (Å²) in [5.41, 5.74) is 0.938. The van der Waals surface area contributed by atoms with Gasteiger partial charge in [-0.3, -0.25) is 4.90 Å². The molecule has 1 unspecified atom stereocenters. The van der Waals surface area contributed by atoms with Crippen LogP contribution in [-0.2, 0) is 9.53 Å². The van der Waals surface area contributed by atoms with Crippen molar-refractivity contribution in [3.05, 3.63) is 65.1 Å². The number of likely N-dealkylation sites (N-methyl/N-ethyl adjacent to an activating group) is 1. The number of halogens is 1. The number of esters is 1. The number of carbonyl (C=O) groups excluding carboxylic acids is 2. The lowest BCUT2D eigenvalue weighted by atomic mass is 9.94. The number of benzene rings is 2. The number of hydrogen-bond donors (Lipinski definition) is 1. The zero-order chi connectivity index (χ0) is 23.3. The van der Waals surface area contributed by atoms with Gasteiger partial charge < -0.3 is 24.3 Å². The highest BCUT2D eigenvalue weighted by Crippen LogP contribution is 2.37. The van der Waals surface area contributed by atoms with Gasteiger partial charge in [0.25, 0.3) is 0 Å². The molecule has 0 aliphatic carbocycles. The van der Waals surface area contributed by atoms with Crippen LogP contribution in [-0.4, -0.2) is 51.4 Å². The first-order valence-electron chi connectivity index (χ1n) is 9.94. The summed E-state index contributed by atoms with van der Waals surface area (Å²) >= 11 is 0. The van der Waals surface area contributed by atoms with E-state index in [1.54, 1.807) is 31.2 Å². The minimum atomic E-state index is -0.877. The lowest BCUT2D eigenvalue weighted by Gasteiger charge is -2.35. The van der Waals surface area contributed by atoms with Crippen LogP contribution in [0.2, 0.25) is 0 Å². The van der Waals surface area contributed by atoms with Crippen molar-refractivity contribution in [1.29, 1.82) is 0 Å². The summed E-state index contributed by atoms with van der Waals surface area (Å²) in [5, 5.41) is 2.80. The zero-order valence-electron chi connectivity index (χ0n) is 18.3. The van der Waals surface area contributed by atoms with Crippen molar-refractivity contribution in [2.75, 3.05) is 34.5 Å². The normalized spacial score (nSPS) is 15.8. The first-order valence-corrected chi connectivity index (χ1v) is 9.94. The molecular formula is C23H25FN2O6. The summed E-state index contributed by atoms with van der Waals surface area (Å²) in [5.74, 6) is -0.220. The van der Waals surface area contributed by atoms with E-state index in [2.05, 4.69) is 5.32 Å². The largest absolute Gasteiger partial charge is 0.497 e. The monoisotopic (exact) mass is 444 g/mol. The third-order valence-electron chi connectivity index (χ3n) is 5.02. The van der Waals surface area contributed by atoms with Crippen molar-refractivity contribution in [2.24, 2.45) is 0 Å². The van der Waals surface area contributed by atoms with Crippen molar-refractivity contribution < 1.29 is 32.9 Å². The maximum atomic E-state index is 14.1.